The molecule has 0 amide bonds. The van der Waals surface area contributed by atoms with Crippen molar-refractivity contribution in [1.29, 1.82) is 0 Å². The van der Waals surface area contributed by atoms with Crippen molar-refractivity contribution >= 4 is 11.8 Å². The third-order valence-electron chi connectivity index (χ3n) is 3.09. The average Bonchev–Trinajstić information content (AvgIpc) is 3.02. The van der Waals surface area contributed by atoms with Gasteiger partial charge in [-0.3, -0.25) is 0 Å². The quantitative estimate of drug-likeness (QED) is 0.830. The molecule has 2 atom stereocenters. The lowest BCUT2D eigenvalue weighted by Crippen LogP contribution is -2.08. The van der Waals surface area contributed by atoms with Crippen LogP contribution in [-0.2, 0) is 0 Å². The molecule has 2 unspecified atom stereocenters. The summed E-state index contributed by atoms with van der Waals surface area (Å²) < 4.78 is 5.35. The summed E-state index contributed by atoms with van der Waals surface area (Å²) in [6.07, 6.45) is 3.60. The van der Waals surface area contributed by atoms with E-state index in [2.05, 4.69) is 15.5 Å². The van der Waals surface area contributed by atoms with E-state index in [1.807, 2.05) is 11.8 Å². The molecule has 4 nitrogen and oxygen atoms in total. The van der Waals surface area contributed by atoms with Crippen LogP contribution in [0.4, 0.5) is 0 Å². The first kappa shape index (κ1) is 9.66. The molecule has 2 aliphatic heterocycles. The van der Waals surface area contributed by atoms with E-state index >= 15 is 0 Å². The Morgan fingerprint density at radius 1 is 1.40 bits per heavy atom. The van der Waals surface area contributed by atoms with E-state index in [4.69, 9.17) is 4.52 Å². The van der Waals surface area contributed by atoms with Gasteiger partial charge in [0.1, 0.15) is 0 Å². The SMILES string of the molecule is C1CSC(c2nc(C3CCNC3)no2)C1. The molecule has 2 aliphatic rings. The highest BCUT2D eigenvalue weighted by atomic mass is 32.2. The molecule has 1 aromatic heterocycles. The van der Waals surface area contributed by atoms with Crippen LogP contribution in [0.3, 0.4) is 0 Å². The second-order valence-electron chi connectivity index (χ2n) is 4.18. The van der Waals surface area contributed by atoms with E-state index in [0.29, 0.717) is 11.2 Å². The summed E-state index contributed by atoms with van der Waals surface area (Å²) in [6, 6.07) is 0. The molecule has 0 aliphatic carbocycles. The Bertz CT molecular complexity index is 299. The molecule has 1 N–H and O–H groups in total. The van der Waals surface area contributed by atoms with Gasteiger partial charge in [0.05, 0.1) is 5.25 Å². The lowest BCUT2D eigenvalue weighted by molar-refractivity contribution is 0.367. The first-order valence-electron chi connectivity index (χ1n) is 5.59. The van der Waals surface area contributed by atoms with Crippen LogP contribution in [0.5, 0.6) is 0 Å². The smallest absolute Gasteiger partial charge is 0.239 e. The summed E-state index contributed by atoms with van der Waals surface area (Å²) in [6.45, 7) is 2.07. The Kier molecular flexibility index (Phi) is 2.66. The minimum Gasteiger partial charge on any atom is -0.338 e. The average molecular weight is 225 g/mol. The third-order valence-corrected chi connectivity index (χ3v) is 4.45. The van der Waals surface area contributed by atoms with Crippen molar-refractivity contribution in [2.24, 2.45) is 0 Å². The van der Waals surface area contributed by atoms with Gasteiger partial charge in [-0.15, -0.1) is 11.8 Å². The molecular formula is C10H15N3OS. The molecule has 2 saturated heterocycles. The lowest BCUT2D eigenvalue weighted by atomic mass is 10.1. The van der Waals surface area contributed by atoms with Gasteiger partial charge in [-0.1, -0.05) is 5.16 Å². The van der Waals surface area contributed by atoms with Crippen LogP contribution in [0.1, 0.15) is 42.1 Å². The Hall–Kier alpha value is -0.550. The van der Waals surface area contributed by atoms with Crippen molar-refractivity contribution in [2.75, 3.05) is 18.8 Å². The van der Waals surface area contributed by atoms with E-state index in [0.717, 1.165) is 31.2 Å². The molecule has 82 valence electrons. The van der Waals surface area contributed by atoms with Crippen LogP contribution in [0.2, 0.25) is 0 Å². The Morgan fingerprint density at radius 3 is 3.13 bits per heavy atom. The van der Waals surface area contributed by atoms with E-state index < -0.39 is 0 Å². The minimum atomic E-state index is 0.459. The van der Waals surface area contributed by atoms with Gasteiger partial charge in [0.15, 0.2) is 5.82 Å². The molecule has 0 bridgehead atoms. The summed E-state index contributed by atoms with van der Waals surface area (Å²) in [5.41, 5.74) is 0. The fourth-order valence-corrected chi connectivity index (χ4v) is 3.38. The van der Waals surface area contributed by atoms with E-state index in [1.165, 1.54) is 18.6 Å². The summed E-state index contributed by atoms with van der Waals surface area (Å²) in [5, 5.41) is 7.88. The predicted octanol–water partition coefficient (Wildman–Crippen LogP) is 1.71. The van der Waals surface area contributed by atoms with Gasteiger partial charge in [-0.05, 0) is 31.6 Å². The van der Waals surface area contributed by atoms with Gasteiger partial charge in [0.2, 0.25) is 5.89 Å². The van der Waals surface area contributed by atoms with Crippen LogP contribution in [-0.4, -0.2) is 29.0 Å². The maximum Gasteiger partial charge on any atom is 0.239 e. The van der Waals surface area contributed by atoms with Gasteiger partial charge in [0.25, 0.3) is 0 Å². The van der Waals surface area contributed by atoms with E-state index in [9.17, 15) is 0 Å². The predicted molar refractivity (Wildman–Crippen MR) is 59.0 cm³/mol. The molecule has 3 heterocycles. The zero-order valence-electron chi connectivity index (χ0n) is 8.61. The standard InChI is InChI=1S/C10H15N3OS/c1-2-8(15-5-1)10-12-9(13-14-10)7-3-4-11-6-7/h7-8,11H,1-6H2. The van der Waals surface area contributed by atoms with Crippen LogP contribution >= 0.6 is 11.8 Å². The summed E-state index contributed by atoms with van der Waals surface area (Å²) in [7, 11) is 0. The zero-order valence-corrected chi connectivity index (χ0v) is 9.42. The van der Waals surface area contributed by atoms with Gasteiger partial charge < -0.3 is 9.84 Å². The number of hydrogen-bond acceptors (Lipinski definition) is 5. The highest BCUT2D eigenvalue weighted by Crippen LogP contribution is 2.39. The molecule has 5 heteroatoms. The molecule has 1 aromatic rings. The normalized spacial score (nSPS) is 31.2. The zero-order chi connectivity index (χ0) is 10.1. The van der Waals surface area contributed by atoms with Crippen molar-refractivity contribution in [3.63, 3.8) is 0 Å². The highest BCUT2D eigenvalue weighted by Gasteiger charge is 2.27. The second kappa shape index (κ2) is 4.14. The number of thioether (sulfide) groups is 1. The fourth-order valence-electron chi connectivity index (χ4n) is 2.19. The minimum absolute atomic E-state index is 0.459. The highest BCUT2D eigenvalue weighted by molar-refractivity contribution is 7.99. The molecule has 0 radical (unpaired) electrons. The van der Waals surface area contributed by atoms with E-state index in [1.54, 1.807) is 0 Å². The molecule has 0 aromatic carbocycles. The molecule has 2 fully saturated rings. The van der Waals surface area contributed by atoms with E-state index in [-0.39, 0.29) is 0 Å². The van der Waals surface area contributed by atoms with Crippen LogP contribution in [0, 0.1) is 0 Å². The maximum atomic E-state index is 5.35. The number of nitrogens with zero attached hydrogens (tertiary/aromatic N) is 2. The number of rotatable bonds is 2. The van der Waals surface area contributed by atoms with Crippen molar-refractivity contribution < 1.29 is 4.52 Å². The first-order chi connectivity index (χ1) is 7.43. The van der Waals surface area contributed by atoms with Crippen LogP contribution < -0.4 is 5.32 Å². The van der Waals surface area contributed by atoms with Gasteiger partial charge in [-0.2, -0.15) is 4.98 Å². The number of aromatic nitrogens is 2. The largest absolute Gasteiger partial charge is 0.338 e. The topological polar surface area (TPSA) is 51.0 Å². The Balaban J connectivity index is 1.74. The fraction of sp³-hybridized carbons (Fsp3) is 0.800. The molecule has 15 heavy (non-hydrogen) atoms. The Morgan fingerprint density at radius 2 is 2.40 bits per heavy atom. The second-order valence-corrected chi connectivity index (χ2v) is 5.49. The molecule has 0 spiro atoms. The maximum absolute atomic E-state index is 5.35. The monoisotopic (exact) mass is 225 g/mol. The van der Waals surface area contributed by atoms with Gasteiger partial charge >= 0.3 is 0 Å². The van der Waals surface area contributed by atoms with Crippen molar-refractivity contribution in [3.05, 3.63) is 11.7 Å². The molecule has 3 rings (SSSR count). The molecular weight excluding hydrogens is 210 g/mol. The molecule has 0 saturated carbocycles. The lowest BCUT2D eigenvalue weighted by Gasteiger charge is -2.00. The van der Waals surface area contributed by atoms with Crippen molar-refractivity contribution in [2.45, 2.75) is 30.4 Å². The van der Waals surface area contributed by atoms with Crippen molar-refractivity contribution in [3.8, 4) is 0 Å². The summed E-state index contributed by atoms with van der Waals surface area (Å²) in [5.74, 6) is 3.45. The summed E-state index contributed by atoms with van der Waals surface area (Å²) >= 11 is 1.94. The summed E-state index contributed by atoms with van der Waals surface area (Å²) in [4.78, 5) is 4.54. The third kappa shape index (κ3) is 1.90. The van der Waals surface area contributed by atoms with Crippen LogP contribution in [0.25, 0.3) is 0 Å². The van der Waals surface area contributed by atoms with Gasteiger partial charge in [-0.25, -0.2) is 0 Å². The van der Waals surface area contributed by atoms with Crippen LogP contribution in [0.15, 0.2) is 4.52 Å². The number of hydrogen-bond donors (Lipinski definition) is 1. The first-order valence-corrected chi connectivity index (χ1v) is 6.64. The van der Waals surface area contributed by atoms with Crippen molar-refractivity contribution in [1.82, 2.24) is 15.5 Å². The van der Waals surface area contributed by atoms with Gasteiger partial charge in [0, 0.05) is 12.5 Å². The number of nitrogens with one attached hydrogen (secondary N) is 1. The Labute approximate surface area is 93.2 Å².